The number of hydrogen-bond donors (Lipinski definition) is 1. The minimum atomic E-state index is 0.0987. The van der Waals surface area contributed by atoms with Gasteiger partial charge in [0.2, 0.25) is 5.91 Å². The van der Waals surface area contributed by atoms with Crippen LogP contribution in [0, 0.1) is 18.8 Å². The van der Waals surface area contributed by atoms with E-state index in [1.54, 1.807) is 12.4 Å². The SMILES string of the molecule is Cc1ncc(C(=O)N2CCC(C3CCN(C(=O)CCc4cn[nH]n4)C3)C2)s1. The maximum absolute atomic E-state index is 12.6. The van der Waals surface area contributed by atoms with E-state index in [0.717, 1.165) is 54.6 Å². The fourth-order valence-corrected chi connectivity index (χ4v) is 4.86. The summed E-state index contributed by atoms with van der Waals surface area (Å²) >= 11 is 1.46. The maximum Gasteiger partial charge on any atom is 0.265 e. The van der Waals surface area contributed by atoms with Gasteiger partial charge in [-0.1, -0.05) is 0 Å². The summed E-state index contributed by atoms with van der Waals surface area (Å²) < 4.78 is 0. The number of carbonyl (C=O) groups is 2. The number of aromatic amines is 1. The number of aromatic nitrogens is 4. The lowest BCUT2D eigenvalue weighted by Crippen LogP contribution is -2.32. The molecule has 2 unspecified atom stereocenters. The van der Waals surface area contributed by atoms with Crippen LogP contribution in [0.25, 0.3) is 0 Å². The number of rotatable bonds is 5. The van der Waals surface area contributed by atoms with Crippen LogP contribution in [0.2, 0.25) is 0 Å². The first-order valence-electron chi connectivity index (χ1n) is 9.44. The monoisotopic (exact) mass is 388 g/mol. The second kappa shape index (κ2) is 7.75. The van der Waals surface area contributed by atoms with E-state index in [2.05, 4.69) is 20.4 Å². The van der Waals surface area contributed by atoms with Gasteiger partial charge in [0.05, 0.1) is 23.1 Å². The number of nitrogens with zero attached hydrogens (tertiary/aromatic N) is 5. The third-order valence-electron chi connectivity index (χ3n) is 5.65. The molecule has 0 aliphatic carbocycles. The van der Waals surface area contributed by atoms with Crippen molar-refractivity contribution >= 4 is 23.2 Å². The van der Waals surface area contributed by atoms with Crippen molar-refractivity contribution in [3.05, 3.63) is 28.0 Å². The highest BCUT2D eigenvalue weighted by molar-refractivity contribution is 7.13. The van der Waals surface area contributed by atoms with E-state index < -0.39 is 0 Å². The van der Waals surface area contributed by atoms with Gasteiger partial charge in [-0.15, -0.1) is 11.3 Å². The van der Waals surface area contributed by atoms with Crippen molar-refractivity contribution in [1.29, 1.82) is 0 Å². The highest BCUT2D eigenvalue weighted by atomic mass is 32.1. The van der Waals surface area contributed by atoms with Gasteiger partial charge in [-0.25, -0.2) is 4.98 Å². The number of nitrogens with one attached hydrogen (secondary N) is 1. The Bertz CT molecular complexity index is 805. The molecule has 2 atom stereocenters. The molecular weight excluding hydrogens is 364 g/mol. The molecule has 144 valence electrons. The molecule has 8 nitrogen and oxygen atoms in total. The third kappa shape index (κ3) is 4.02. The van der Waals surface area contributed by atoms with Crippen LogP contribution >= 0.6 is 11.3 Å². The Morgan fingerprint density at radius 3 is 2.59 bits per heavy atom. The van der Waals surface area contributed by atoms with Gasteiger partial charge >= 0.3 is 0 Å². The predicted molar refractivity (Wildman–Crippen MR) is 100 cm³/mol. The molecule has 1 N–H and O–H groups in total. The Hall–Kier alpha value is -2.29. The zero-order valence-electron chi connectivity index (χ0n) is 15.4. The molecular formula is C18H24N6O2S. The Balaban J connectivity index is 1.26. The van der Waals surface area contributed by atoms with Crippen molar-refractivity contribution in [1.82, 2.24) is 30.2 Å². The summed E-state index contributed by atoms with van der Waals surface area (Å²) in [6.45, 7) is 5.14. The summed E-state index contributed by atoms with van der Waals surface area (Å²) in [6.07, 6.45) is 6.49. The zero-order valence-corrected chi connectivity index (χ0v) is 16.2. The van der Waals surface area contributed by atoms with Crippen molar-refractivity contribution < 1.29 is 9.59 Å². The van der Waals surface area contributed by atoms with Crippen molar-refractivity contribution in [2.45, 2.75) is 32.6 Å². The minimum absolute atomic E-state index is 0.0987. The topological polar surface area (TPSA) is 95.1 Å². The molecule has 2 aromatic rings. The fraction of sp³-hybridized carbons (Fsp3) is 0.611. The van der Waals surface area contributed by atoms with Crippen molar-refractivity contribution in [2.75, 3.05) is 26.2 Å². The summed E-state index contributed by atoms with van der Waals surface area (Å²) in [4.78, 5) is 33.9. The highest BCUT2D eigenvalue weighted by Crippen LogP contribution is 2.32. The lowest BCUT2D eigenvalue weighted by Gasteiger charge is -2.21. The second-order valence-electron chi connectivity index (χ2n) is 7.39. The van der Waals surface area contributed by atoms with Gasteiger partial charge in [-0.3, -0.25) is 9.59 Å². The van der Waals surface area contributed by atoms with E-state index in [9.17, 15) is 9.59 Å². The highest BCUT2D eigenvalue weighted by Gasteiger charge is 2.37. The fourth-order valence-electron chi connectivity index (χ4n) is 4.11. The number of amides is 2. The Kier molecular flexibility index (Phi) is 5.20. The van der Waals surface area contributed by atoms with E-state index in [-0.39, 0.29) is 11.8 Å². The molecule has 2 aromatic heterocycles. The van der Waals surface area contributed by atoms with Crippen LogP contribution in [0.4, 0.5) is 0 Å². The number of thiazole rings is 1. The van der Waals surface area contributed by atoms with Crippen molar-refractivity contribution in [3.8, 4) is 0 Å². The summed E-state index contributed by atoms with van der Waals surface area (Å²) in [6, 6.07) is 0. The van der Waals surface area contributed by atoms with Gasteiger partial charge in [0.15, 0.2) is 0 Å². The quantitative estimate of drug-likeness (QED) is 0.838. The van der Waals surface area contributed by atoms with E-state index in [0.29, 0.717) is 24.7 Å². The van der Waals surface area contributed by atoms with Crippen LogP contribution in [0.3, 0.4) is 0 Å². The number of carbonyl (C=O) groups excluding carboxylic acids is 2. The molecule has 9 heteroatoms. The molecule has 4 heterocycles. The Labute approximate surface area is 162 Å². The average Bonchev–Trinajstić information content (AvgIpc) is 3.46. The molecule has 2 aliphatic heterocycles. The van der Waals surface area contributed by atoms with Crippen LogP contribution in [-0.2, 0) is 11.2 Å². The first kappa shape index (κ1) is 18.1. The molecule has 0 radical (unpaired) electrons. The summed E-state index contributed by atoms with van der Waals surface area (Å²) in [5, 5.41) is 11.3. The molecule has 2 fully saturated rings. The van der Waals surface area contributed by atoms with Crippen LogP contribution < -0.4 is 0 Å². The van der Waals surface area contributed by atoms with Gasteiger partial charge in [-0.05, 0) is 31.6 Å². The summed E-state index contributed by atoms with van der Waals surface area (Å²) in [7, 11) is 0. The lowest BCUT2D eigenvalue weighted by molar-refractivity contribution is -0.130. The zero-order chi connectivity index (χ0) is 18.8. The van der Waals surface area contributed by atoms with E-state index in [1.165, 1.54) is 11.3 Å². The molecule has 0 bridgehead atoms. The summed E-state index contributed by atoms with van der Waals surface area (Å²) in [5.74, 6) is 1.26. The molecule has 0 saturated carbocycles. The number of hydrogen-bond acceptors (Lipinski definition) is 6. The maximum atomic E-state index is 12.6. The first-order valence-corrected chi connectivity index (χ1v) is 10.3. The average molecular weight is 388 g/mol. The van der Waals surface area contributed by atoms with E-state index >= 15 is 0 Å². The summed E-state index contributed by atoms with van der Waals surface area (Å²) in [5.41, 5.74) is 0.822. The molecule has 27 heavy (non-hydrogen) atoms. The molecule has 2 saturated heterocycles. The third-order valence-corrected chi connectivity index (χ3v) is 6.55. The normalized spacial score (nSPS) is 22.6. The van der Waals surface area contributed by atoms with Gasteiger partial charge < -0.3 is 9.80 Å². The molecule has 0 aromatic carbocycles. The van der Waals surface area contributed by atoms with Crippen molar-refractivity contribution in [2.24, 2.45) is 11.8 Å². The van der Waals surface area contributed by atoms with Crippen molar-refractivity contribution in [3.63, 3.8) is 0 Å². The first-order chi connectivity index (χ1) is 13.1. The molecule has 2 aliphatic rings. The van der Waals surface area contributed by atoms with Gasteiger partial charge in [0.25, 0.3) is 5.91 Å². The largest absolute Gasteiger partial charge is 0.342 e. The number of likely N-dealkylation sites (tertiary alicyclic amines) is 2. The smallest absolute Gasteiger partial charge is 0.265 e. The van der Waals surface area contributed by atoms with Crippen LogP contribution in [0.1, 0.15) is 39.6 Å². The van der Waals surface area contributed by atoms with Crippen LogP contribution in [0.5, 0.6) is 0 Å². The van der Waals surface area contributed by atoms with E-state index in [4.69, 9.17) is 0 Å². The molecule has 4 rings (SSSR count). The van der Waals surface area contributed by atoms with E-state index in [1.807, 2.05) is 16.7 Å². The lowest BCUT2D eigenvalue weighted by atomic mass is 9.91. The van der Waals surface area contributed by atoms with Crippen LogP contribution in [0.15, 0.2) is 12.4 Å². The van der Waals surface area contributed by atoms with Gasteiger partial charge in [-0.2, -0.15) is 15.4 Å². The number of H-pyrrole nitrogens is 1. The Morgan fingerprint density at radius 2 is 1.93 bits per heavy atom. The molecule has 2 amide bonds. The molecule has 0 spiro atoms. The minimum Gasteiger partial charge on any atom is -0.342 e. The second-order valence-corrected chi connectivity index (χ2v) is 8.63. The van der Waals surface area contributed by atoms with Crippen LogP contribution in [-0.4, -0.2) is 68.2 Å². The van der Waals surface area contributed by atoms with Gasteiger partial charge in [0, 0.05) is 39.0 Å². The standard InChI is InChI=1S/C18H24N6O2S/c1-12-19-9-16(27-12)18(26)24-7-5-14(11-24)13-4-6-23(10-13)17(25)3-2-15-8-20-22-21-15/h8-9,13-14H,2-7,10-11H2,1H3,(H,20,21,22). The predicted octanol–water partition coefficient (Wildman–Crippen LogP) is 1.51. The van der Waals surface area contributed by atoms with Gasteiger partial charge in [0.1, 0.15) is 4.88 Å². The Morgan fingerprint density at radius 1 is 1.19 bits per heavy atom. The number of aryl methyl sites for hydroxylation is 2.